The summed E-state index contributed by atoms with van der Waals surface area (Å²) in [5.41, 5.74) is 12.5. The fourth-order valence-electron chi connectivity index (χ4n) is 10.4. The van der Waals surface area contributed by atoms with Crippen molar-refractivity contribution in [1.82, 2.24) is 61.8 Å². The van der Waals surface area contributed by atoms with Crippen LogP contribution in [0.4, 0.5) is 0 Å². The van der Waals surface area contributed by atoms with Crippen LogP contribution in [0, 0.1) is 0 Å². The van der Waals surface area contributed by atoms with Crippen LogP contribution >= 0.6 is 0 Å². The molecule has 12 nitrogen and oxygen atoms in total. The second-order valence-corrected chi connectivity index (χ2v) is 19.1. The smallest absolute Gasteiger partial charge is 0.0886 e. The lowest BCUT2D eigenvalue weighted by Crippen LogP contribution is -2.49. The molecule has 12 heteroatoms. The Balaban J connectivity index is 0.818. The molecule has 18 heterocycles. The minimum atomic E-state index is 0.403. The van der Waals surface area contributed by atoms with Crippen LogP contribution in [0.15, 0.2) is 110 Å². The molecule has 0 aromatic carbocycles. The topological polar surface area (TPSA) is 150 Å². The zero-order valence-electron chi connectivity index (χ0n) is 38.3. The number of rotatable bonds is 0. The van der Waals surface area contributed by atoms with Crippen molar-refractivity contribution in [3.05, 3.63) is 143 Å². The zero-order chi connectivity index (χ0) is 44.3. The lowest BCUT2D eigenvalue weighted by Gasteiger charge is -2.33. The van der Waals surface area contributed by atoms with E-state index in [1.807, 2.05) is 37.2 Å². The van der Waals surface area contributed by atoms with Gasteiger partial charge in [-0.2, -0.15) is 0 Å². The van der Waals surface area contributed by atoms with E-state index >= 15 is 0 Å². The van der Waals surface area contributed by atoms with Crippen molar-refractivity contribution in [2.75, 3.05) is 0 Å². The maximum absolute atomic E-state index is 4.83. The highest BCUT2D eigenvalue weighted by atomic mass is 15.0. The van der Waals surface area contributed by atoms with E-state index in [1.54, 1.807) is 0 Å². The molecule has 0 spiro atoms. The highest BCUT2D eigenvalue weighted by molar-refractivity contribution is 5.56. The Morgan fingerprint density at radius 1 is 0.242 bits per heavy atom. The molecule has 12 aliphatic heterocycles. The van der Waals surface area contributed by atoms with E-state index in [0.717, 1.165) is 112 Å². The van der Waals surface area contributed by atoms with Crippen molar-refractivity contribution in [3.63, 3.8) is 0 Å². The molecule has 6 atom stereocenters. The van der Waals surface area contributed by atoms with Gasteiger partial charge in [0, 0.05) is 113 Å². The van der Waals surface area contributed by atoms with Crippen LogP contribution in [0.2, 0.25) is 0 Å². The van der Waals surface area contributed by atoms with E-state index in [2.05, 4.69) is 105 Å². The molecule has 0 amide bonds. The van der Waals surface area contributed by atoms with E-state index in [4.69, 9.17) is 29.9 Å². The van der Waals surface area contributed by atoms with Gasteiger partial charge < -0.3 is 31.9 Å². The summed E-state index contributed by atoms with van der Waals surface area (Å²) in [7, 11) is 0. The molecule has 6 aromatic rings. The Morgan fingerprint density at radius 2 is 0.409 bits per heavy atom. The highest BCUT2D eigenvalue weighted by Gasteiger charge is 2.27. The van der Waals surface area contributed by atoms with Crippen LogP contribution in [0.5, 0.6) is 0 Å². The summed E-state index contributed by atoms with van der Waals surface area (Å²) in [5, 5.41) is 23.2. The van der Waals surface area contributed by atoms with Crippen molar-refractivity contribution >= 4 is 0 Å². The van der Waals surface area contributed by atoms with Crippen LogP contribution in [0.25, 0.3) is 34.2 Å². The zero-order valence-corrected chi connectivity index (χ0v) is 38.3. The number of hydrogen-bond acceptors (Lipinski definition) is 12. The van der Waals surface area contributed by atoms with Crippen molar-refractivity contribution in [1.29, 1.82) is 0 Å². The highest BCUT2D eigenvalue weighted by Crippen LogP contribution is 2.25. The molecule has 342 valence electrons. The molecule has 3 fully saturated rings. The van der Waals surface area contributed by atoms with E-state index in [9.17, 15) is 0 Å². The van der Waals surface area contributed by atoms with Gasteiger partial charge in [0.15, 0.2) is 0 Å². The molecule has 6 N–H and O–H groups in total. The fourth-order valence-corrected chi connectivity index (χ4v) is 10.4. The number of nitrogens with zero attached hydrogens (tertiary/aromatic N) is 6. The molecule has 3 saturated carbocycles. The first-order valence-electron chi connectivity index (χ1n) is 24.8. The van der Waals surface area contributed by atoms with Crippen LogP contribution < -0.4 is 31.9 Å². The van der Waals surface area contributed by atoms with Gasteiger partial charge in [-0.15, -0.1) is 0 Å². The summed E-state index contributed by atoms with van der Waals surface area (Å²) in [6.45, 7) is 4.73. The molecule has 0 radical (unpaired) electrons. The van der Waals surface area contributed by atoms with Gasteiger partial charge in [0.25, 0.3) is 0 Å². The summed E-state index contributed by atoms with van der Waals surface area (Å²) >= 11 is 0. The number of hydrogen-bond donors (Lipinski definition) is 6. The monoisotopic (exact) mass is 883 g/mol. The maximum Gasteiger partial charge on any atom is 0.0886 e. The van der Waals surface area contributed by atoms with Gasteiger partial charge in [0.1, 0.15) is 0 Å². The van der Waals surface area contributed by atoms with Crippen molar-refractivity contribution in [2.24, 2.45) is 0 Å². The van der Waals surface area contributed by atoms with Crippen LogP contribution in [0.3, 0.4) is 0 Å². The summed E-state index contributed by atoms with van der Waals surface area (Å²) in [6.07, 6.45) is 26.5. The predicted octanol–water partition coefficient (Wildman–Crippen LogP) is 7.94. The molecule has 15 aliphatic rings. The Hall–Kier alpha value is -5.34. The SMILES string of the molecule is c1cc2ncc1CN[C@@H]1CCCC[C@H]1NCc1ccc(nc1)-c1ccc(cn1)CN[C@@H]1CCCC[C@H]1NCc1ccc(nc1)-c1ccc(cn1)CN[C@@H]1CCCC[C@H]1NCc1ccc-2nc1. The quantitative estimate of drug-likeness (QED) is 0.0880. The summed E-state index contributed by atoms with van der Waals surface area (Å²) < 4.78 is 0. The standard InChI is InChI=1S/C54H66N12/c1-2-8-44-43(7-1)55-25-37-13-19-49(61-31-37)51-21-15-39(33-63-51)27-57-45-9-3-4-10-46(45)59-29-41-17-23-53(65-35-41)54-24-18-42(36-66-54)30-60-48-12-6-5-11-47(48)58-28-40-16-22-52(64-34-40)50-20-14-38(26-56-44)32-62-50/h13-24,31-36,43-48,55-60H,1-12,25-30H2/t43-,44-,45-,46-,47-,48-/m1/s1. The van der Waals surface area contributed by atoms with E-state index in [-0.39, 0.29) is 0 Å². The molecule has 0 unspecified atom stereocenters. The molecular weight excluding hydrogens is 817 g/mol. The van der Waals surface area contributed by atoms with Gasteiger partial charge in [0.05, 0.1) is 34.2 Å². The first-order chi connectivity index (χ1) is 32.6. The van der Waals surface area contributed by atoms with E-state index in [0.29, 0.717) is 36.3 Å². The Morgan fingerprint density at radius 3 is 0.545 bits per heavy atom. The Kier molecular flexibility index (Phi) is 14.8. The lowest BCUT2D eigenvalue weighted by atomic mass is 9.90. The first kappa shape index (κ1) is 44.5. The van der Waals surface area contributed by atoms with E-state index < -0.39 is 0 Å². The van der Waals surface area contributed by atoms with Gasteiger partial charge in [-0.25, -0.2) is 0 Å². The summed E-state index contributed by atoms with van der Waals surface area (Å²) in [6, 6.07) is 28.1. The molecule has 66 heavy (non-hydrogen) atoms. The molecule has 21 rings (SSSR count). The normalized spacial score (nSPS) is 24.7. The molecular formula is C54H66N12. The van der Waals surface area contributed by atoms with Gasteiger partial charge in [-0.05, 0) is 108 Å². The average Bonchev–Trinajstić information content (AvgIpc) is 3.38. The summed E-state index contributed by atoms with van der Waals surface area (Å²) in [4.78, 5) is 29.0. The minimum Gasteiger partial charge on any atom is -0.308 e. The maximum atomic E-state index is 4.83. The third-order valence-corrected chi connectivity index (χ3v) is 14.4. The van der Waals surface area contributed by atoms with Crippen LogP contribution in [0.1, 0.15) is 110 Å². The van der Waals surface area contributed by atoms with Crippen molar-refractivity contribution in [3.8, 4) is 34.2 Å². The number of aromatic nitrogens is 6. The number of pyridine rings is 6. The second kappa shape index (κ2) is 22.0. The van der Waals surface area contributed by atoms with Crippen molar-refractivity contribution in [2.45, 2.75) is 153 Å². The second-order valence-electron chi connectivity index (χ2n) is 19.1. The minimum absolute atomic E-state index is 0.403. The third kappa shape index (κ3) is 11.6. The Labute approximate surface area is 390 Å². The van der Waals surface area contributed by atoms with Crippen LogP contribution in [-0.4, -0.2) is 66.2 Å². The fraction of sp³-hybridized carbons (Fsp3) is 0.444. The molecule has 6 aromatic heterocycles. The van der Waals surface area contributed by atoms with Gasteiger partial charge in [-0.1, -0.05) is 74.9 Å². The van der Waals surface area contributed by atoms with Gasteiger partial charge in [-0.3, -0.25) is 29.9 Å². The molecule has 3 aliphatic carbocycles. The first-order valence-corrected chi connectivity index (χ1v) is 24.8. The van der Waals surface area contributed by atoms with Crippen molar-refractivity contribution < 1.29 is 0 Å². The van der Waals surface area contributed by atoms with E-state index in [1.165, 1.54) is 71.9 Å². The van der Waals surface area contributed by atoms with Crippen LogP contribution in [-0.2, 0) is 39.3 Å². The Bertz CT molecular complexity index is 1960. The summed E-state index contributed by atoms with van der Waals surface area (Å²) in [5.74, 6) is 0. The predicted molar refractivity (Wildman–Crippen MR) is 262 cm³/mol. The third-order valence-electron chi connectivity index (χ3n) is 14.4. The van der Waals surface area contributed by atoms with Gasteiger partial charge >= 0.3 is 0 Å². The molecule has 0 saturated heterocycles. The van der Waals surface area contributed by atoms with Gasteiger partial charge in [0.2, 0.25) is 0 Å². The number of nitrogens with one attached hydrogen (secondary N) is 6. The lowest BCUT2D eigenvalue weighted by molar-refractivity contribution is 0.281. The average molecular weight is 883 g/mol. The largest absolute Gasteiger partial charge is 0.308 e. The molecule has 12 bridgehead atoms.